The number of benzene rings is 2. The largest absolute Gasteiger partial charge is 0.328 e. The maximum atomic E-state index is 11.9. The molecular weight excluding hydrogens is 271 g/mol. The van der Waals surface area contributed by atoms with Crippen molar-refractivity contribution in [1.82, 2.24) is 0 Å². The van der Waals surface area contributed by atoms with Crippen molar-refractivity contribution in [3.63, 3.8) is 0 Å². The quantitative estimate of drug-likeness (QED) is 0.791. The molecule has 0 radical (unpaired) electrons. The molecule has 2 rings (SSSR count). The lowest BCUT2D eigenvalue weighted by atomic mass is 10.2. The van der Waals surface area contributed by atoms with Crippen LogP contribution in [0.5, 0.6) is 0 Å². The van der Waals surface area contributed by atoms with Crippen molar-refractivity contribution in [1.29, 1.82) is 0 Å². The van der Waals surface area contributed by atoms with Crippen LogP contribution in [0, 0.1) is 0 Å². The Kier molecular flexibility index (Phi) is 5.54. The smallest absolute Gasteiger partial charge is 0.324 e. The summed E-state index contributed by atoms with van der Waals surface area (Å²) in [6.45, 7) is 0.270. The first-order valence-corrected chi connectivity index (χ1v) is 8.46. The summed E-state index contributed by atoms with van der Waals surface area (Å²) in [5, 5.41) is 0. The first-order valence-electron chi connectivity index (χ1n) is 6.70. The molecule has 0 aliphatic heterocycles. The second kappa shape index (κ2) is 7.39. The van der Waals surface area contributed by atoms with Crippen molar-refractivity contribution < 1.29 is 14.0 Å². The minimum Gasteiger partial charge on any atom is -0.324 e. The number of aryl methyl sites for hydroxylation is 1. The van der Waals surface area contributed by atoms with Crippen LogP contribution in [0.1, 0.15) is 11.1 Å². The molecule has 106 valence electrons. The SMILES string of the molecule is O=P(O)(CCc1ccccc1)OCCc1ccccc1. The van der Waals surface area contributed by atoms with Gasteiger partial charge in [0.25, 0.3) is 0 Å². The fourth-order valence-corrected chi connectivity index (χ4v) is 2.98. The van der Waals surface area contributed by atoms with Crippen LogP contribution in [-0.4, -0.2) is 17.7 Å². The normalized spacial score (nSPS) is 13.8. The van der Waals surface area contributed by atoms with Gasteiger partial charge < -0.3 is 9.42 Å². The van der Waals surface area contributed by atoms with E-state index in [-0.39, 0.29) is 12.8 Å². The Labute approximate surface area is 119 Å². The van der Waals surface area contributed by atoms with Crippen LogP contribution in [0.2, 0.25) is 0 Å². The van der Waals surface area contributed by atoms with Crippen molar-refractivity contribution in [2.24, 2.45) is 0 Å². The van der Waals surface area contributed by atoms with Crippen LogP contribution in [0.15, 0.2) is 60.7 Å². The van der Waals surface area contributed by atoms with Crippen molar-refractivity contribution in [3.8, 4) is 0 Å². The zero-order chi connectivity index (χ0) is 14.3. The van der Waals surface area contributed by atoms with E-state index in [1.165, 1.54) is 0 Å². The highest BCUT2D eigenvalue weighted by Crippen LogP contribution is 2.42. The van der Waals surface area contributed by atoms with Crippen molar-refractivity contribution >= 4 is 7.60 Å². The summed E-state index contributed by atoms with van der Waals surface area (Å²) in [7, 11) is -3.49. The Hall–Kier alpha value is -1.41. The van der Waals surface area contributed by atoms with Gasteiger partial charge in [0, 0.05) is 0 Å². The Morgan fingerprint density at radius 3 is 1.90 bits per heavy atom. The van der Waals surface area contributed by atoms with E-state index in [9.17, 15) is 9.46 Å². The van der Waals surface area contributed by atoms with Crippen LogP contribution in [0.4, 0.5) is 0 Å². The molecule has 0 spiro atoms. The molecule has 1 atom stereocenters. The molecule has 0 saturated carbocycles. The molecule has 1 N–H and O–H groups in total. The second-order valence-electron chi connectivity index (χ2n) is 4.67. The van der Waals surface area contributed by atoms with Gasteiger partial charge in [-0.3, -0.25) is 4.57 Å². The fraction of sp³-hybridized carbons (Fsp3) is 0.250. The van der Waals surface area contributed by atoms with Gasteiger partial charge >= 0.3 is 7.60 Å². The van der Waals surface area contributed by atoms with E-state index < -0.39 is 7.60 Å². The maximum Gasteiger partial charge on any atom is 0.328 e. The fourth-order valence-electron chi connectivity index (χ4n) is 1.93. The lowest BCUT2D eigenvalue weighted by Gasteiger charge is -2.12. The van der Waals surface area contributed by atoms with Gasteiger partial charge in [0.15, 0.2) is 0 Å². The van der Waals surface area contributed by atoms with Gasteiger partial charge in [0.05, 0.1) is 12.8 Å². The summed E-state index contributed by atoms with van der Waals surface area (Å²) in [6, 6.07) is 19.5. The van der Waals surface area contributed by atoms with Gasteiger partial charge in [0.1, 0.15) is 0 Å². The van der Waals surface area contributed by atoms with E-state index in [0.29, 0.717) is 12.8 Å². The highest BCUT2D eigenvalue weighted by Gasteiger charge is 2.18. The number of rotatable bonds is 7. The molecular formula is C16H19O3P. The molecule has 0 fully saturated rings. The topological polar surface area (TPSA) is 46.5 Å². The summed E-state index contributed by atoms with van der Waals surface area (Å²) < 4.78 is 17.1. The van der Waals surface area contributed by atoms with E-state index in [0.717, 1.165) is 11.1 Å². The molecule has 0 amide bonds. The van der Waals surface area contributed by atoms with E-state index in [1.54, 1.807) is 0 Å². The summed E-state index contributed by atoms with van der Waals surface area (Å²) >= 11 is 0. The number of hydrogen-bond acceptors (Lipinski definition) is 2. The first kappa shape index (κ1) is 15.0. The molecule has 2 aromatic carbocycles. The molecule has 3 nitrogen and oxygen atoms in total. The Morgan fingerprint density at radius 1 is 0.850 bits per heavy atom. The van der Waals surface area contributed by atoms with Gasteiger partial charge in [-0.25, -0.2) is 0 Å². The Bertz CT molecular complexity index is 554. The minimum absolute atomic E-state index is 0.159. The molecule has 0 aliphatic carbocycles. The molecule has 0 aromatic heterocycles. The third-order valence-electron chi connectivity index (χ3n) is 3.05. The van der Waals surface area contributed by atoms with Crippen molar-refractivity contribution in [2.45, 2.75) is 12.8 Å². The highest BCUT2D eigenvalue weighted by atomic mass is 31.2. The third-order valence-corrected chi connectivity index (χ3v) is 4.43. The summed E-state index contributed by atoms with van der Waals surface area (Å²) in [5.74, 6) is 0. The zero-order valence-electron chi connectivity index (χ0n) is 11.3. The zero-order valence-corrected chi connectivity index (χ0v) is 12.2. The van der Waals surface area contributed by atoms with Gasteiger partial charge in [-0.1, -0.05) is 60.7 Å². The lowest BCUT2D eigenvalue weighted by Crippen LogP contribution is -2.02. The van der Waals surface area contributed by atoms with Gasteiger partial charge in [-0.2, -0.15) is 0 Å². The molecule has 2 aromatic rings. The second-order valence-corrected chi connectivity index (χ2v) is 6.65. The monoisotopic (exact) mass is 290 g/mol. The van der Waals surface area contributed by atoms with Crippen molar-refractivity contribution in [3.05, 3.63) is 71.8 Å². The summed E-state index contributed by atoms with van der Waals surface area (Å²) in [5.41, 5.74) is 2.16. The predicted octanol–water partition coefficient (Wildman–Crippen LogP) is 3.67. The lowest BCUT2D eigenvalue weighted by molar-refractivity contribution is 0.263. The number of hydrogen-bond donors (Lipinski definition) is 1. The third kappa shape index (κ3) is 5.30. The molecule has 4 heteroatoms. The minimum atomic E-state index is -3.49. The van der Waals surface area contributed by atoms with E-state index in [2.05, 4.69) is 0 Å². The van der Waals surface area contributed by atoms with Gasteiger partial charge in [-0.15, -0.1) is 0 Å². The van der Waals surface area contributed by atoms with Crippen LogP contribution in [0.3, 0.4) is 0 Å². The Morgan fingerprint density at radius 2 is 1.35 bits per heavy atom. The molecule has 0 bridgehead atoms. The van der Waals surface area contributed by atoms with Crippen LogP contribution in [-0.2, 0) is 21.9 Å². The molecule has 0 saturated heterocycles. The molecule has 20 heavy (non-hydrogen) atoms. The maximum absolute atomic E-state index is 11.9. The predicted molar refractivity (Wildman–Crippen MR) is 80.9 cm³/mol. The molecule has 0 heterocycles. The van der Waals surface area contributed by atoms with Crippen LogP contribution < -0.4 is 0 Å². The highest BCUT2D eigenvalue weighted by molar-refractivity contribution is 7.52. The van der Waals surface area contributed by atoms with Gasteiger partial charge in [-0.05, 0) is 24.0 Å². The van der Waals surface area contributed by atoms with Crippen LogP contribution >= 0.6 is 7.60 Å². The average molecular weight is 290 g/mol. The molecule has 1 unspecified atom stereocenters. The van der Waals surface area contributed by atoms with E-state index in [4.69, 9.17) is 4.52 Å². The first-order chi connectivity index (χ1) is 9.66. The Balaban J connectivity index is 1.75. The summed E-state index contributed by atoms with van der Waals surface area (Å²) in [4.78, 5) is 9.79. The summed E-state index contributed by atoms with van der Waals surface area (Å²) in [6.07, 6.45) is 1.36. The van der Waals surface area contributed by atoms with E-state index in [1.807, 2.05) is 60.7 Å². The average Bonchev–Trinajstić information content (AvgIpc) is 2.47. The molecule has 0 aliphatic rings. The van der Waals surface area contributed by atoms with Crippen molar-refractivity contribution in [2.75, 3.05) is 12.8 Å². The van der Waals surface area contributed by atoms with Gasteiger partial charge in [0.2, 0.25) is 0 Å². The van der Waals surface area contributed by atoms with Crippen LogP contribution in [0.25, 0.3) is 0 Å². The standard InChI is InChI=1S/C16H19O3P/c17-20(18,14-12-16-9-5-2-6-10-16)19-13-11-15-7-3-1-4-8-15/h1-10H,11-14H2,(H,17,18). The van der Waals surface area contributed by atoms with E-state index >= 15 is 0 Å².